The van der Waals surface area contributed by atoms with Gasteiger partial charge in [0.2, 0.25) is 5.91 Å². The molecule has 0 spiro atoms. The van der Waals surface area contributed by atoms with Crippen LogP contribution in [0.4, 0.5) is 11.8 Å². The number of carbonyl (C=O) groups is 1. The Morgan fingerprint density at radius 3 is 2.32 bits per heavy atom. The topological polar surface area (TPSA) is 188 Å². The van der Waals surface area contributed by atoms with Crippen LogP contribution >= 0.6 is 0 Å². The third kappa shape index (κ3) is 8.91. The molecule has 50 heavy (non-hydrogen) atoms. The molecule has 15 heteroatoms. The number of anilines is 2. The van der Waals surface area contributed by atoms with E-state index in [9.17, 15) is 4.79 Å². The number of fused-ring (bicyclic) bond motifs is 3. The van der Waals surface area contributed by atoms with Gasteiger partial charge in [0.15, 0.2) is 11.2 Å². The average Bonchev–Trinajstić information content (AvgIpc) is 3.69. The highest BCUT2D eigenvalue weighted by Gasteiger charge is 2.22. The van der Waals surface area contributed by atoms with Gasteiger partial charge >= 0.3 is 0 Å². The van der Waals surface area contributed by atoms with Gasteiger partial charge < -0.3 is 44.5 Å². The predicted octanol–water partition coefficient (Wildman–Crippen LogP) is 3.22. The standard InChI is InChI=1S/C35H44N8O7/c1-2-45-11-12-47-15-16-49-18-17-48-14-13-46-10-8-30(44)42-9-7-25-19-24(3-4-27(25)22-42)21-43-34-31(33(36)38-23-39-34)32(41-43)26-5-6-29-28(20-26)40-35(37)50-29/h3-6,19-20,23H,2,7-18,21-22H2,1H3,(H2,37,40)(H2,36,38,39). The van der Waals surface area contributed by atoms with Crippen molar-refractivity contribution in [1.29, 1.82) is 0 Å². The summed E-state index contributed by atoms with van der Waals surface area (Å²) in [6.45, 7) is 8.80. The lowest BCUT2D eigenvalue weighted by Gasteiger charge is -2.29. The summed E-state index contributed by atoms with van der Waals surface area (Å²) in [5, 5.41) is 5.58. The fraction of sp³-hybridized carbons (Fsp3) is 0.457. The molecule has 6 rings (SSSR count). The predicted molar refractivity (Wildman–Crippen MR) is 186 cm³/mol. The van der Waals surface area contributed by atoms with Crippen LogP contribution in [0, 0.1) is 0 Å². The molecule has 15 nitrogen and oxygen atoms in total. The van der Waals surface area contributed by atoms with Crippen molar-refractivity contribution in [2.45, 2.75) is 32.9 Å². The lowest BCUT2D eigenvalue weighted by Crippen LogP contribution is -2.36. The molecule has 0 radical (unpaired) electrons. The molecule has 0 bridgehead atoms. The third-order valence-corrected chi connectivity index (χ3v) is 8.36. The Bertz CT molecular complexity index is 1880. The van der Waals surface area contributed by atoms with Gasteiger partial charge in [-0.1, -0.05) is 18.2 Å². The van der Waals surface area contributed by atoms with E-state index in [1.807, 2.05) is 34.7 Å². The molecule has 0 atom stereocenters. The first-order chi connectivity index (χ1) is 24.5. The summed E-state index contributed by atoms with van der Waals surface area (Å²) >= 11 is 0. The van der Waals surface area contributed by atoms with Gasteiger partial charge in [0.25, 0.3) is 6.01 Å². The molecule has 0 saturated heterocycles. The molecule has 1 aliphatic heterocycles. The second-order valence-electron chi connectivity index (χ2n) is 11.8. The Balaban J connectivity index is 0.949. The van der Waals surface area contributed by atoms with Crippen molar-refractivity contribution in [3.63, 3.8) is 0 Å². The molecule has 266 valence electrons. The van der Waals surface area contributed by atoms with E-state index in [1.165, 1.54) is 11.9 Å². The minimum atomic E-state index is 0.0804. The fourth-order valence-corrected chi connectivity index (χ4v) is 5.87. The number of nitrogen functional groups attached to an aromatic ring is 2. The van der Waals surface area contributed by atoms with Gasteiger partial charge in [-0.2, -0.15) is 10.1 Å². The number of benzene rings is 2. The minimum absolute atomic E-state index is 0.0804. The molecule has 1 amide bonds. The highest BCUT2D eigenvalue weighted by Crippen LogP contribution is 2.33. The molecule has 5 aromatic rings. The summed E-state index contributed by atoms with van der Waals surface area (Å²) in [7, 11) is 0. The summed E-state index contributed by atoms with van der Waals surface area (Å²) in [5.41, 5.74) is 18.8. The zero-order chi connectivity index (χ0) is 34.7. The van der Waals surface area contributed by atoms with Crippen LogP contribution in [0.25, 0.3) is 33.4 Å². The van der Waals surface area contributed by atoms with Gasteiger partial charge in [-0.3, -0.25) is 4.79 Å². The summed E-state index contributed by atoms with van der Waals surface area (Å²) < 4.78 is 34.5. The lowest BCUT2D eigenvalue weighted by molar-refractivity contribution is -0.133. The van der Waals surface area contributed by atoms with Crippen LogP contribution in [0.3, 0.4) is 0 Å². The van der Waals surface area contributed by atoms with Gasteiger partial charge in [0.1, 0.15) is 23.4 Å². The number of ether oxygens (including phenoxy) is 5. The average molecular weight is 689 g/mol. The van der Waals surface area contributed by atoms with E-state index < -0.39 is 0 Å². The molecule has 1 aliphatic rings. The van der Waals surface area contributed by atoms with Crippen LogP contribution < -0.4 is 11.5 Å². The number of aromatic nitrogens is 5. The molecule has 0 aliphatic carbocycles. The molecule has 4 heterocycles. The van der Waals surface area contributed by atoms with E-state index in [4.69, 9.17) is 44.7 Å². The van der Waals surface area contributed by atoms with Crippen molar-refractivity contribution < 1.29 is 32.9 Å². The maximum atomic E-state index is 12.9. The molecule has 0 saturated carbocycles. The Morgan fingerprint density at radius 2 is 1.58 bits per heavy atom. The molecular formula is C35H44N8O7. The second-order valence-corrected chi connectivity index (χ2v) is 11.8. The van der Waals surface area contributed by atoms with E-state index in [2.05, 4.69) is 33.2 Å². The summed E-state index contributed by atoms with van der Waals surface area (Å²) in [4.78, 5) is 27.8. The van der Waals surface area contributed by atoms with E-state index in [1.54, 1.807) is 0 Å². The monoisotopic (exact) mass is 688 g/mol. The van der Waals surface area contributed by atoms with Crippen LogP contribution in [0.15, 0.2) is 47.1 Å². The molecule has 0 fully saturated rings. The molecule has 4 N–H and O–H groups in total. The summed E-state index contributed by atoms with van der Waals surface area (Å²) in [5.74, 6) is 0.425. The Kier molecular flexibility index (Phi) is 12.2. The zero-order valence-electron chi connectivity index (χ0n) is 28.3. The smallest absolute Gasteiger partial charge is 0.292 e. The maximum absolute atomic E-state index is 12.9. The first-order valence-electron chi connectivity index (χ1n) is 16.9. The summed E-state index contributed by atoms with van der Waals surface area (Å²) in [6.07, 6.45) is 2.55. The number of hydrogen-bond acceptors (Lipinski definition) is 13. The SMILES string of the molecule is CCOCCOCCOCCOCCOCCC(=O)N1CCc2cc(Cn3nc(-c4ccc5oc(N)nc5c4)c4c(N)ncnc43)ccc2C1. The largest absolute Gasteiger partial charge is 0.424 e. The highest BCUT2D eigenvalue weighted by molar-refractivity contribution is 5.99. The summed E-state index contributed by atoms with van der Waals surface area (Å²) in [6, 6.07) is 12.0. The highest BCUT2D eigenvalue weighted by atomic mass is 16.6. The second kappa shape index (κ2) is 17.3. The van der Waals surface area contributed by atoms with Gasteiger partial charge in [-0.15, -0.1) is 0 Å². The molecule has 2 aromatic carbocycles. The van der Waals surface area contributed by atoms with Gasteiger partial charge in [-0.05, 0) is 48.2 Å². The van der Waals surface area contributed by atoms with E-state index in [0.717, 1.165) is 23.1 Å². The van der Waals surface area contributed by atoms with E-state index >= 15 is 0 Å². The number of rotatable bonds is 19. The number of nitrogens with zero attached hydrogens (tertiary/aromatic N) is 6. The Morgan fingerprint density at radius 1 is 0.860 bits per heavy atom. The first kappa shape index (κ1) is 35.2. The molecular weight excluding hydrogens is 644 g/mol. The van der Waals surface area contributed by atoms with Gasteiger partial charge in [-0.25, -0.2) is 14.6 Å². The van der Waals surface area contributed by atoms with E-state index in [0.29, 0.717) is 126 Å². The van der Waals surface area contributed by atoms with Crippen LogP contribution in [0.2, 0.25) is 0 Å². The number of nitrogens with two attached hydrogens (primary N) is 2. The van der Waals surface area contributed by atoms with Crippen molar-refractivity contribution in [1.82, 2.24) is 29.6 Å². The van der Waals surface area contributed by atoms with Crippen molar-refractivity contribution in [3.8, 4) is 11.3 Å². The third-order valence-electron chi connectivity index (χ3n) is 8.36. The quantitative estimate of drug-likeness (QED) is 0.121. The van der Waals surface area contributed by atoms with Gasteiger partial charge in [0.05, 0.1) is 77.8 Å². The Labute approximate surface area is 289 Å². The van der Waals surface area contributed by atoms with Gasteiger partial charge in [0, 0.05) is 25.3 Å². The van der Waals surface area contributed by atoms with Crippen LogP contribution in [0.5, 0.6) is 0 Å². The van der Waals surface area contributed by atoms with Crippen LogP contribution in [0.1, 0.15) is 30.0 Å². The number of hydrogen-bond donors (Lipinski definition) is 2. The van der Waals surface area contributed by atoms with Crippen molar-refractivity contribution in [2.75, 3.05) is 84.1 Å². The van der Waals surface area contributed by atoms with Crippen LogP contribution in [-0.2, 0) is 48.0 Å². The van der Waals surface area contributed by atoms with Crippen molar-refractivity contribution >= 4 is 39.9 Å². The first-order valence-corrected chi connectivity index (χ1v) is 16.9. The van der Waals surface area contributed by atoms with Crippen molar-refractivity contribution in [3.05, 3.63) is 59.4 Å². The molecule has 3 aromatic heterocycles. The van der Waals surface area contributed by atoms with Crippen LogP contribution in [-0.4, -0.2) is 108 Å². The normalized spacial score (nSPS) is 13.0. The fourth-order valence-electron chi connectivity index (χ4n) is 5.87. The van der Waals surface area contributed by atoms with E-state index in [-0.39, 0.29) is 11.9 Å². The minimum Gasteiger partial charge on any atom is -0.424 e. The number of oxazole rings is 1. The zero-order valence-corrected chi connectivity index (χ0v) is 28.3. The number of carbonyl (C=O) groups excluding carboxylic acids is 1. The number of amides is 1. The lowest BCUT2D eigenvalue weighted by atomic mass is 9.97. The Hall–Kier alpha value is -4.67. The maximum Gasteiger partial charge on any atom is 0.292 e. The molecule has 0 unspecified atom stereocenters. The van der Waals surface area contributed by atoms with Crippen molar-refractivity contribution in [2.24, 2.45) is 0 Å².